The van der Waals surface area contributed by atoms with E-state index < -0.39 is 35.5 Å². The molecule has 0 unspecified atom stereocenters. The number of amides is 2. The van der Waals surface area contributed by atoms with Crippen LogP contribution in [0.1, 0.15) is 49.8 Å². The van der Waals surface area contributed by atoms with Crippen molar-refractivity contribution < 1.29 is 18.7 Å². The van der Waals surface area contributed by atoms with E-state index in [1.807, 2.05) is 6.07 Å². The highest BCUT2D eigenvalue weighted by Gasteiger charge is 2.65. The summed E-state index contributed by atoms with van der Waals surface area (Å²) in [6.07, 6.45) is -1.29. The van der Waals surface area contributed by atoms with Crippen LogP contribution in [-0.2, 0) is 14.9 Å². The van der Waals surface area contributed by atoms with Crippen LogP contribution in [0.25, 0.3) is 0 Å². The van der Waals surface area contributed by atoms with Crippen LogP contribution in [0.15, 0.2) is 60.7 Å². The Morgan fingerprint density at radius 1 is 1.10 bits per heavy atom. The summed E-state index contributed by atoms with van der Waals surface area (Å²) >= 11 is 12.6. The minimum absolute atomic E-state index is 0.153. The molecule has 1 saturated heterocycles. The van der Waals surface area contributed by atoms with Gasteiger partial charge in [0.05, 0.1) is 17.6 Å². The molecule has 4 atom stereocenters. The number of hydrogen-bond acceptors (Lipinski definition) is 5. The molecule has 2 heterocycles. The van der Waals surface area contributed by atoms with E-state index in [1.54, 1.807) is 48.5 Å². The van der Waals surface area contributed by atoms with Crippen molar-refractivity contribution in [3.05, 3.63) is 93.2 Å². The zero-order chi connectivity index (χ0) is 28.8. The van der Waals surface area contributed by atoms with E-state index in [4.69, 9.17) is 33.2 Å². The lowest BCUT2D eigenvalue weighted by atomic mass is 9.63. The molecule has 0 aliphatic carbocycles. The first kappa shape index (κ1) is 27.9. The average molecular weight is 581 g/mol. The SMILES string of the molecule is CC(C)(C)C[C@@H]1N[C@H](OC(=O)Nc2ccc(C#N)cc2)[C@H](c2cc(F)cc(Cl)c2)[C@]12C(=O)Nc1cc(Cl)ccc12. The number of benzene rings is 3. The molecular weight excluding hydrogens is 554 g/mol. The van der Waals surface area contributed by atoms with Crippen LogP contribution in [0.5, 0.6) is 0 Å². The Morgan fingerprint density at radius 2 is 1.82 bits per heavy atom. The zero-order valence-electron chi connectivity index (χ0n) is 22.0. The smallest absolute Gasteiger partial charge is 0.413 e. The van der Waals surface area contributed by atoms with Crippen molar-refractivity contribution in [2.45, 2.75) is 50.8 Å². The van der Waals surface area contributed by atoms with Gasteiger partial charge in [-0.3, -0.25) is 15.4 Å². The molecular formula is C30H27Cl2FN4O3. The number of hydrogen-bond donors (Lipinski definition) is 3. The van der Waals surface area contributed by atoms with Crippen molar-refractivity contribution in [1.82, 2.24) is 5.32 Å². The summed E-state index contributed by atoms with van der Waals surface area (Å²) in [5.74, 6) is -1.73. The summed E-state index contributed by atoms with van der Waals surface area (Å²) in [6, 6.07) is 17.1. The van der Waals surface area contributed by atoms with E-state index in [9.17, 15) is 14.0 Å². The van der Waals surface area contributed by atoms with Crippen LogP contribution in [0.4, 0.5) is 20.6 Å². The molecule has 40 heavy (non-hydrogen) atoms. The lowest BCUT2D eigenvalue weighted by Crippen LogP contribution is -2.49. The standard InChI is InChI=1S/C30H27Cl2FN4O3/c1-29(2,3)14-24-30(22-9-6-18(31)13-23(22)36-27(30)38)25(17-10-19(32)12-20(33)11-17)26(37-24)40-28(39)35-21-7-4-16(15-34)5-8-21/h4-13,24-26,37H,14H2,1-3H3,(H,35,39)(H,36,38)/t24-,25-,26+,30+/m0/s1. The zero-order valence-corrected chi connectivity index (χ0v) is 23.5. The minimum Gasteiger partial charge on any atom is -0.429 e. The van der Waals surface area contributed by atoms with E-state index in [1.165, 1.54) is 12.1 Å². The average Bonchev–Trinajstić information content (AvgIpc) is 3.31. The van der Waals surface area contributed by atoms with Gasteiger partial charge in [-0.2, -0.15) is 5.26 Å². The molecule has 0 aromatic heterocycles. The Labute approximate surface area is 241 Å². The van der Waals surface area contributed by atoms with E-state index in [2.05, 4.69) is 36.7 Å². The van der Waals surface area contributed by atoms with Crippen molar-refractivity contribution in [3.63, 3.8) is 0 Å². The van der Waals surface area contributed by atoms with Gasteiger partial charge in [0.15, 0.2) is 6.23 Å². The summed E-state index contributed by atoms with van der Waals surface area (Å²) in [5.41, 5.74) is 0.988. The highest BCUT2D eigenvalue weighted by atomic mass is 35.5. The normalized spacial score (nSPS) is 23.4. The van der Waals surface area contributed by atoms with Crippen molar-refractivity contribution in [2.75, 3.05) is 10.6 Å². The van der Waals surface area contributed by atoms with E-state index in [-0.39, 0.29) is 16.3 Å². The van der Waals surface area contributed by atoms with Crippen LogP contribution >= 0.6 is 23.2 Å². The van der Waals surface area contributed by atoms with Gasteiger partial charge in [0.25, 0.3) is 0 Å². The highest BCUT2D eigenvalue weighted by Crippen LogP contribution is 2.57. The molecule has 3 aromatic rings. The van der Waals surface area contributed by atoms with Gasteiger partial charge >= 0.3 is 6.09 Å². The number of fused-ring (bicyclic) bond motifs is 2. The van der Waals surface area contributed by atoms with Gasteiger partial charge in [-0.25, -0.2) is 9.18 Å². The largest absolute Gasteiger partial charge is 0.429 e. The molecule has 3 N–H and O–H groups in total. The monoisotopic (exact) mass is 580 g/mol. The van der Waals surface area contributed by atoms with Gasteiger partial charge in [-0.05, 0) is 77.6 Å². The maximum Gasteiger partial charge on any atom is 0.413 e. The van der Waals surface area contributed by atoms with Crippen molar-refractivity contribution >= 4 is 46.6 Å². The molecule has 3 aromatic carbocycles. The number of nitrogens with zero attached hydrogens (tertiary/aromatic N) is 1. The Balaban J connectivity index is 1.62. The fourth-order valence-electron chi connectivity index (χ4n) is 5.88. The number of rotatable bonds is 4. The van der Waals surface area contributed by atoms with Crippen molar-refractivity contribution in [3.8, 4) is 6.07 Å². The van der Waals surface area contributed by atoms with Gasteiger partial charge in [0.2, 0.25) is 5.91 Å². The summed E-state index contributed by atoms with van der Waals surface area (Å²) < 4.78 is 20.7. The van der Waals surface area contributed by atoms with Crippen molar-refractivity contribution in [2.24, 2.45) is 5.41 Å². The first-order valence-electron chi connectivity index (χ1n) is 12.7. The number of carbonyl (C=O) groups is 2. The molecule has 2 aliphatic heterocycles. The third kappa shape index (κ3) is 5.13. The van der Waals surface area contributed by atoms with Gasteiger partial charge < -0.3 is 10.1 Å². The molecule has 0 radical (unpaired) electrons. The maximum atomic E-state index is 14.7. The van der Waals surface area contributed by atoms with Gasteiger partial charge in [0, 0.05) is 27.5 Å². The number of carbonyl (C=O) groups excluding carboxylic acids is 2. The summed E-state index contributed by atoms with van der Waals surface area (Å²) in [4.78, 5) is 27.2. The number of halogens is 3. The molecule has 5 rings (SSSR count). The Morgan fingerprint density at radius 3 is 2.48 bits per heavy atom. The van der Waals surface area contributed by atoms with E-state index in [0.29, 0.717) is 39.5 Å². The highest BCUT2D eigenvalue weighted by molar-refractivity contribution is 6.31. The van der Waals surface area contributed by atoms with Gasteiger partial charge in [-0.15, -0.1) is 0 Å². The molecule has 0 saturated carbocycles. The Hall–Kier alpha value is -3.64. The number of anilines is 2. The maximum absolute atomic E-state index is 14.7. The first-order chi connectivity index (χ1) is 18.9. The van der Waals surface area contributed by atoms with Crippen LogP contribution in [-0.4, -0.2) is 24.3 Å². The first-order valence-corrected chi connectivity index (χ1v) is 13.5. The van der Waals surface area contributed by atoms with Crippen LogP contribution in [0.2, 0.25) is 10.0 Å². The van der Waals surface area contributed by atoms with Gasteiger partial charge in [-0.1, -0.05) is 50.0 Å². The molecule has 10 heteroatoms. The van der Waals surface area contributed by atoms with E-state index in [0.717, 1.165) is 0 Å². The summed E-state index contributed by atoms with van der Waals surface area (Å²) in [7, 11) is 0. The van der Waals surface area contributed by atoms with Crippen LogP contribution in [0, 0.1) is 22.6 Å². The quantitative estimate of drug-likeness (QED) is 0.309. The lowest BCUT2D eigenvalue weighted by Gasteiger charge is -2.37. The summed E-state index contributed by atoms with van der Waals surface area (Å²) in [5, 5.41) is 18.7. The Bertz CT molecular complexity index is 1510. The van der Waals surface area contributed by atoms with Crippen LogP contribution < -0.4 is 16.0 Å². The fraction of sp³-hybridized carbons (Fsp3) is 0.300. The predicted octanol–water partition coefficient (Wildman–Crippen LogP) is 6.96. The molecule has 1 spiro atoms. The molecule has 1 fully saturated rings. The van der Waals surface area contributed by atoms with Crippen molar-refractivity contribution in [1.29, 1.82) is 5.26 Å². The fourth-order valence-corrected chi connectivity index (χ4v) is 6.28. The number of nitriles is 1. The second-order valence-electron chi connectivity index (χ2n) is 11.3. The summed E-state index contributed by atoms with van der Waals surface area (Å²) in [6.45, 7) is 6.16. The molecule has 7 nitrogen and oxygen atoms in total. The number of ether oxygens (including phenoxy) is 1. The lowest BCUT2D eigenvalue weighted by molar-refractivity contribution is -0.122. The van der Waals surface area contributed by atoms with Gasteiger partial charge in [0.1, 0.15) is 11.2 Å². The molecule has 2 aliphatic rings. The second kappa shape index (κ2) is 10.4. The molecule has 2 amide bonds. The van der Waals surface area contributed by atoms with Crippen LogP contribution in [0.3, 0.4) is 0 Å². The molecule has 0 bridgehead atoms. The second-order valence-corrected chi connectivity index (χ2v) is 12.2. The number of nitrogens with one attached hydrogen (secondary N) is 3. The Kier molecular flexibility index (Phi) is 7.26. The van der Waals surface area contributed by atoms with E-state index >= 15 is 0 Å². The molecule has 206 valence electrons. The minimum atomic E-state index is -1.27. The third-order valence-electron chi connectivity index (χ3n) is 7.31. The third-order valence-corrected chi connectivity index (χ3v) is 7.77. The predicted molar refractivity (Wildman–Crippen MR) is 152 cm³/mol. The topological polar surface area (TPSA) is 103 Å².